The van der Waals surface area contributed by atoms with Crippen molar-refractivity contribution in [1.82, 2.24) is 5.32 Å². The maximum atomic E-state index is 12.6. The molecule has 2 rings (SSSR count). The van der Waals surface area contributed by atoms with Crippen LogP contribution in [-0.4, -0.2) is 29.1 Å². The van der Waals surface area contributed by atoms with Gasteiger partial charge in [0.25, 0.3) is 0 Å². The number of carbonyl (C=O) groups excluding carboxylic acids is 3. The van der Waals surface area contributed by atoms with Crippen molar-refractivity contribution in [2.75, 3.05) is 12.3 Å². The minimum atomic E-state index is -0.467. The first kappa shape index (κ1) is 22.2. The van der Waals surface area contributed by atoms with Gasteiger partial charge in [0.05, 0.1) is 5.92 Å². The highest BCUT2D eigenvalue weighted by Gasteiger charge is 2.23. The third kappa shape index (κ3) is 7.52. The summed E-state index contributed by atoms with van der Waals surface area (Å²) in [5.41, 5.74) is 1.23. The number of nitrogens with one attached hydrogen (secondary N) is 1. The van der Waals surface area contributed by atoms with Crippen LogP contribution in [0.2, 0.25) is 0 Å². The average molecular weight is 416 g/mol. The second-order valence-corrected chi connectivity index (χ2v) is 8.67. The van der Waals surface area contributed by atoms with Crippen LogP contribution < -0.4 is 5.32 Å². The number of unbranched alkanes of at least 4 members (excludes halogenated alkanes) is 1. The highest BCUT2D eigenvalue weighted by atomic mass is 33.1. The molecule has 0 heterocycles. The van der Waals surface area contributed by atoms with Crippen LogP contribution in [0.15, 0.2) is 60.7 Å². The highest BCUT2D eigenvalue weighted by molar-refractivity contribution is 8.82. The predicted octanol–water partition coefficient (Wildman–Crippen LogP) is 5.01. The van der Waals surface area contributed by atoms with E-state index >= 15 is 0 Å². The summed E-state index contributed by atoms with van der Waals surface area (Å²) in [7, 11) is 2.44. The Morgan fingerprint density at radius 2 is 1.54 bits per heavy atom. The van der Waals surface area contributed by atoms with Crippen LogP contribution in [0.1, 0.15) is 46.9 Å². The summed E-state index contributed by atoms with van der Waals surface area (Å²) in [5, 5.41) is 2.86. The number of hydrogen-bond donors (Lipinski definition) is 1. The zero-order valence-electron chi connectivity index (χ0n) is 15.9. The molecule has 0 aliphatic rings. The summed E-state index contributed by atoms with van der Waals surface area (Å²) in [6.45, 7) is 2.66. The van der Waals surface area contributed by atoms with Gasteiger partial charge in [-0.2, -0.15) is 0 Å². The topological polar surface area (TPSA) is 63.2 Å². The van der Waals surface area contributed by atoms with E-state index in [0.717, 1.165) is 23.6 Å². The summed E-state index contributed by atoms with van der Waals surface area (Å²) in [6, 6.07) is 18.0. The molecule has 0 fully saturated rings. The van der Waals surface area contributed by atoms with Gasteiger partial charge in [-0.1, -0.05) is 84.8 Å². The molecule has 28 heavy (non-hydrogen) atoms. The Morgan fingerprint density at radius 3 is 2.14 bits per heavy atom. The Morgan fingerprint density at radius 1 is 0.929 bits per heavy atom. The van der Waals surface area contributed by atoms with E-state index in [-0.39, 0.29) is 23.2 Å². The van der Waals surface area contributed by atoms with Gasteiger partial charge in [-0.3, -0.25) is 14.4 Å². The van der Waals surface area contributed by atoms with E-state index in [1.165, 1.54) is 10.8 Å². The van der Waals surface area contributed by atoms with Crippen LogP contribution in [0.25, 0.3) is 0 Å². The number of carbonyl (C=O) groups is 3. The van der Waals surface area contributed by atoms with Gasteiger partial charge in [-0.25, -0.2) is 0 Å². The lowest BCUT2D eigenvalue weighted by Crippen LogP contribution is -2.34. The fourth-order valence-electron chi connectivity index (χ4n) is 2.52. The average Bonchev–Trinajstić information content (AvgIpc) is 2.74. The van der Waals surface area contributed by atoms with Gasteiger partial charge in [0.1, 0.15) is 0 Å². The first-order valence-corrected chi connectivity index (χ1v) is 11.7. The molecule has 148 valence electrons. The fraction of sp³-hybridized carbons (Fsp3) is 0.318. The van der Waals surface area contributed by atoms with Gasteiger partial charge in [-0.05, 0) is 17.2 Å². The molecule has 0 radical (unpaired) electrons. The van der Waals surface area contributed by atoms with Crippen molar-refractivity contribution in [1.29, 1.82) is 0 Å². The number of rotatable bonds is 11. The van der Waals surface area contributed by atoms with E-state index in [9.17, 15) is 14.4 Å². The molecule has 1 amide bonds. The molecule has 0 aromatic heterocycles. The second kappa shape index (κ2) is 12.4. The number of benzene rings is 2. The molecule has 0 saturated carbocycles. The second-order valence-electron chi connectivity index (χ2n) is 6.36. The summed E-state index contributed by atoms with van der Waals surface area (Å²) in [4.78, 5) is 37.3. The van der Waals surface area contributed by atoms with Gasteiger partial charge in [0, 0.05) is 29.8 Å². The summed E-state index contributed by atoms with van der Waals surface area (Å²) < 4.78 is 0. The van der Waals surface area contributed by atoms with Crippen molar-refractivity contribution in [3.05, 3.63) is 71.8 Å². The molecule has 0 aliphatic carbocycles. The molecule has 4 nitrogen and oxygen atoms in total. The third-order valence-electron chi connectivity index (χ3n) is 4.14. The highest BCUT2D eigenvalue weighted by Crippen LogP contribution is 2.29. The number of Topliss-reactive ketones (excluding diaryl/α,β-unsaturated/α-hetero) is 1. The minimum Gasteiger partial charge on any atom is -0.356 e. The van der Waals surface area contributed by atoms with E-state index in [4.69, 9.17) is 0 Å². The Hall–Kier alpha value is -2.05. The van der Waals surface area contributed by atoms with Crippen LogP contribution in [0.5, 0.6) is 0 Å². The monoisotopic (exact) mass is 415 g/mol. The first-order valence-electron chi connectivity index (χ1n) is 9.36. The summed E-state index contributed by atoms with van der Waals surface area (Å²) in [6.07, 6.45) is 2.03. The first-order chi connectivity index (χ1) is 13.6. The smallest absolute Gasteiger partial charge is 0.229 e. The van der Waals surface area contributed by atoms with E-state index < -0.39 is 5.92 Å². The normalized spacial score (nSPS) is 11.6. The molecule has 0 spiro atoms. The van der Waals surface area contributed by atoms with E-state index in [2.05, 4.69) is 12.2 Å². The van der Waals surface area contributed by atoms with Crippen LogP contribution in [0, 0.1) is 5.92 Å². The maximum Gasteiger partial charge on any atom is 0.229 e. The zero-order valence-corrected chi connectivity index (χ0v) is 17.6. The summed E-state index contributed by atoms with van der Waals surface area (Å²) in [5.74, 6) is -0.250. The molecule has 0 saturated heterocycles. The van der Waals surface area contributed by atoms with E-state index in [0.29, 0.717) is 23.4 Å². The van der Waals surface area contributed by atoms with Crippen molar-refractivity contribution in [2.24, 2.45) is 5.92 Å². The molecule has 1 N–H and O–H groups in total. The SMILES string of the molecule is CCCCNC(=O)C(CSSC(=O)c1ccccc1)CC(=O)c1ccccc1. The van der Waals surface area contributed by atoms with Crippen molar-refractivity contribution >= 4 is 38.4 Å². The Balaban J connectivity index is 1.94. The molecular weight excluding hydrogens is 390 g/mol. The Bertz CT molecular complexity index is 766. The predicted molar refractivity (Wildman–Crippen MR) is 118 cm³/mol. The largest absolute Gasteiger partial charge is 0.356 e. The van der Waals surface area contributed by atoms with Crippen molar-refractivity contribution in [3.63, 3.8) is 0 Å². The molecule has 2 aromatic rings. The number of hydrogen-bond acceptors (Lipinski definition) is 5. The van der Waals surface area contributed by atoms with Crippen molar-refractivity contribution in [2.45, 2.75) is 26.2 Å². The van der Waals surface area contributed by atoms with Crippen LogP contribution in [0.4, 0.5) is 0 Å². The van der Waals surface area contributed by atoms with Gasteiger partial charge >= 0.3 is 0 Å². The standard InChI is InChI=1S/C22H25NO3S2/c1-2-3-14-23-21(25)19(15-20(24)17-10-6-4-7-11-17)16-27-28-22(26)18-12-8-5-9-13-18/h4-13,19H,2-3,14-16H2,1H3,(H,23,25). The third-order valence-corrected chi connectivity index (χ3v) is 6.40. The molecule has 6 heteroatoms. The van der Waals surface area contributed by atoms with Gasteiger partial charge in [0.15, 0.2) is 5.78 Å². The van der Waals surface area contributed by atoms with Crippen LogP contribution in [-0.2, 0) is 4.79 Å². The lowest BCUT2D eigenvalue weighted by Gasteiger charge is -2.15. The van der Waals surface area contributed by atoms with Crippen LogP contribution in [0.3, 0.4) is 0 Å². The number of amides is 1. The Labute approximate surface area is 174 Å². The lowest BCUT2D eigenvalue weighted by atomic mass is 9.99. The quantitative estimate of drug-likeness (QED) is 0.317. The van der Waals surface area contributed by atoms with E-state index in [1.807, 2.05) is 36.4 Å². The van der Waals surface area contributed by atoms with Crippen molar-refractivity contribution in [3.8, 4) is 0 Å². The zero-order chi connectivity index (χ0) is 20.2. The van der Waals surface area contributed by atoms with E-state index in [1.54, 1.807) is 24.3 Å². The van der Waals surface area contributed by atoms with Crippen molar-refractivity contribution < 1.29 is 14.4 Å². The number of ketones is 1. The molecule has 2 aromatic carbocycles. The van der Waals surface area contributed by atoms with Gasteiger partial charge in [-0.15, -0.1) is 0 Å². The van der Waals surface area contributed by atoms with Gasteiger partial charge in [0.2, 0.25) is 11.0 Å². The van der Waals surface area contributed by atoms with Gasteiger partial charge < -0.3 is 5.32 Å². The summed E-state index contributed by atoms with van der Waals surface area (Å²) >= 11 is 0. The molecule has 1 atom stereocenters. The minimum absolute atomic E-state index is 0.0508. The van der Waals surface area contributed by atoms with Crippen LogP contribution >= 0.6 is 21.6 Å². The molecule has 0 bridgehead atoms. The maximum absolute atomic E-state index is 12.6. The Kier molecular flexibility index (Phi) is 9.86. The molecule has 1 unspecified atom stereocenters. The molecule has 0 aliphatic heterocycles. The lowest BCUT2D eigenvalue weighted by molar-refractivity contribution is -0.124. The fourth-order valence-corrected chi connectivity index (χ4v) is 4.67. The molecular formula is C22H25NO3S2.